The molecule has 0 fully saturated rings. The summed E-state index contributed by atoms with van der Waals surface area (Å²) in [5.41, 5.74) is 2.21. The maximum atomic E-state index is 12.1. The van der Waals surface area contributed by atoms with Crippen molar-refractivity contribution in [2.75, 3.05) is 6.54 Å². The van der Waals surface area contributed by atoms with Crippen LogP contribution >= 0.6 is 0 Å². The van der Waals surface area contributed by atoms with Gasteiger partial charge >= 0.3 is 0 Å². The molecule has 0 saturated heterocycles. The first-order valence-electron chi connectivity index (χ1n) is 6.15. The summed E-state index contributed by atoms with van der Waals surface area (Å²) in [6.07, 6.45) is 4.04. The minimum Gasteiger partial charge on any atom is -0.508 e. The van der Waals surface area contributed by atoms with Gasteiger partial charge in [0.15, 0.2) is 0 Å². The molecule has 3 rings (SSSR count). The first kappa shape index (κ1) is 11.7. The lowest BCUT2D eigenvalue weighted by Crippen LogP contribution is -2.38. The van der Waals surface area contributed by atoms with Crippen molar-refractivity contribution in [2.24, 2.45) is 0 Å². The van der Waals surface area contributed by atoms with Crippen LogP contribution in [0.5, 0.6) is 5.75 Å². The highest BCUT2D eigenvalue weighted by Gasteiger charge is 2.21. The number of rotatable bonds is 2. The van der Waals surface area contributed by atoms with Crippen LogP contribution in [0.3, 0.4) is 0 Å². The van der Waals surface area contributed by atoms with Crippen LogP contribution in [0.15, 0.2) is 30.6 Å². The SMILES string of the molecule is O=C(Cn1ccnn1)N1CCc2ccc(O)cc2C1. The Balaban J connectivity index is 1.72. The topological polar surface area (TPSA) is 71.2 Å². The largest absolute Gasteiger partial charge is 0.508 e. The number of aromatic hydroxyl groups is 1. The van der Waals surface area contributed by atoms with E-state index in [9.17, 15) is 9.90 Å². The number of carbonyl (C=O) groups is 1. The van der Waals surface area contributed by atoms with E-state index in [1.807, 2.05) is 6.07 Å². The standard InChI is InChI=1S/C13H14N4O2/c18-12-2-1-10-3-5-16(8-11(10)7-12)13(19)9-17-6-4-14-15-17/h1-2,4,6-7,18H,3,5,8-9H2. The Hall–Kier alpha value is -2.37. The molecule has 1 amide bonds. The molecule has 0 bridgehead atoms. The van der Waals surface area contributed by atoms with Crippen molar-refractivity contribution in [3.63, 3.8) is 0 Å². The summed E-state index contributed by atoms with van der Waals surface area (Å²) in [4.78, 5) is 13.9. The van der Waals surface area contributed by atoms with E-state index in [0.29, 0.717) is 13.1 Å². The Morgan fingerprint density at radius 3 is 3.05 bits per heavy atom. The van der Waals surface area contributed by atoms with Crippen LogP contribution < -0.4 is 0 Å². The molecule has 0 radical (unpaired) electrons. The van der Waals surface area contributed by atoms with Gasteiger partial charge < -0.3 is 10.0 Å². The Bertz CT molecular complexity index is 595. The highest BCUT2D eigenvalue weighted by atomic mass is 16.3. The van der Waals surface area contributed by atoms with Crippen LogP contribution in [-0.2, 0) is 24.3 Å². The van der Waals surface area contributed by atoms with Gasteiger partial charge in [0.2, 0.25) is 5.91 Å². The molecule has 1 aliphatic heterocycles. The van der Waals surface area contributed by atoms with Crippen LogP contribution in [-0.4, -0.2) is 37.5 Å². The third kappa shape index (κ3) is 2.42. The Morgan fingerprint density at radius 2 is 2.26 bits per heavy atom. The second-order valence-electron chi connectivity index (χ2n) is 4.62. The van der Waals surface area contributed by atoms with E-state index in [1.165, 1.54) is 10.2 Å². The smallest absolute Gasteiger partial charge is 0.244 e. The van der Waals surface area contributed by atoms with E-state index in [2.05, 4.69) is 10.3 Å². The molecule has 1 aliphatic rings. The molecule has 2 heterocycles. The van der Waals surface area contributed by atoms with Crippen LogP contribution in [0.1, 0.15) is 11.1 Å². The molecule has 0 atom stereocenters. The number of benzene rings is 1. The van der Waals surface area contributed by atoms with Gasteiger partial charge in [-0.05, 0) is 29.7 Å². The van der Waals surface area contributed by atoms with E-state index in [0.717, 1.165) is 12.0 Å². The van der Waals surface area contributed by atoms with Crippen molar-refractivity contribution in [3.8, 4) is 5.75 Å². The molecule has 1 aromatic carbocycles. The van der Waals surface area contributed by atoms with Gasteiger partial charge in [-0.15, -0.1) is 5.10 Å². The number of hydrogen-bond acceptors (Lipinski definition) is 4. The average Bonchev–Trinajstić information content (AvgIpc) is 2.90. The maximum absolute atomic E-state index is 12.1. The normalized spacial score (nSPS) is 14.2. The number of fused-ring (bicyclic) bond motifs is 1. The minimum absolute atomic E-state index is 0.0134. The molecule has 2 aromatic rings. The van der Waals surface area contributed by atoms with Gasteiger partial charge in [-0.25, -0.2) is 4.68 Å². The number of phenolic OH excluding ortho intramolecular Hbond substituents is 1. The molecule has 0 spiro atoms. The predicted octanol–water partition coefficient (Wildman–Crippen LogP) is 0.569. The molecular weight excluding hydrogens is 244 g/mol. The third-order valence-electron chi connectivity index (χ3n) is 3.32. The highest BCUT2D eigenvalue weighted by Crippen LogP contribution is 2.23. The first-order chi connectivity index (χ1) is 9.22. The number of amides is 1. The van der Waals surface area contributed by atoms with Crippen molar-refractivity contribution in [1.82, 2.24) is 19.9 Å². The molecule has 19 heavy (non-hydrogen) atoms. The fourth-order valence-electron chi connectivity index (χ4n) is 2.31. The average molecular weight is 258 g/mol. The van der Waals surface area contributed by atoms with Gasteiger partial charge in [0.25, 0.3) is 0 Å². The summed E-state index contributed by atoms with van der Waals surface area (Å²) in [7, 11) is 0. The third-order valence-corrected chi connectivity index (χ3v) is 3.32. The van der Waals surface area contributed by atoms with Crippen molar-refractivity contribution in [1.29, 1.82) is 0 Å². The summed E-state index contributed by atoms with van der Waals surface area (Å²) in [5.74, 6) is 0.254. The number of carbonyl (C=O) groups excluding carboxylic acids is 1. The summed E-state index contributed by atoms with van der Waals surface area (Å²) in [6.45, 7) is 1.44. The van der Waals surface area contributed by atoms with Crippen LogP contribution in [0.2, 0.25) is 0 Å². The van der Waals surface area contributed by atoms with Crippen molar-refractivity contribution in [3.05, 3.63) is 41.7 Å². The molecule has 1 N–H and O–H groups in total. The second-order valence-corrected chi connectivity index (χ2v) is 4.62. The zero-order valence-corrected chi connectivity index (χ0v) is 10.4. The lowest BCUT2D eigenvalue weighted by molar-refractivity contribution is -0.133. The molecule has 0 saturated carbocycles. The van der Waals surface area contributed by atoms with E-state index >= 15 is 0 Å². The summed E-state index contributed by atoms with van der Waals surface area (Å²) in [5, 5.41) is 17.0. The van der Waals surface area contributed by atoms with Crippen molar-refractivity contribution < 1.29 is 9.90 Å². The zero-order valence-electron chi connectivity index (χ0n) is 10.4. The van der Waals surface area contributed by atoms with Crippen LogP contribution in [0.4, 0.5) is 0 Å². The molecule has 6 heteroatoms. The molecule has 98 valence electrons. The first-order valence-corrected chi connectivity index (χ1v) is 6.15. The van der Waals surface area contributed by atoms with Gasteiger partial charge in [0, 0.05) is 19.3 Å². The Kier molecular flexibility index (Phi) is 2.91. The molecule has 0 aliphatic carbocycles. The zero-order chi connectivity index (χ0) is 13.2. The number of phenols is 1. The quantitative estimate of drug-likeness (QED) is 0.854. The summed E-state index contributed by atoms with van der Waals surface area (Å²) < 4.78 is 1.51. The lowest BCUT2D eigenvalue weighted by atomic mass is 9.99. The molecule has 1 aromatic heterocycles. The maximum Gasteiger partial charge on any atom is 0.244 e. The van der Waals surface area contributed by atoms with Gasteiger partial charge in [0.05, 0.1) is 6.20 Å². The fraction of sp³-hybridized carbons (Fsp3) is 0.308. The number of aromatic nitrogens is 3. The van der Waals surface area contributed by atoms with E-state index < -0.39 is 0 Å². The van der Waals surface area contributed by atoms with Crippen molar-refractivity contribution in [2.45, 2.75) is 19.5 Å². The molecular formula is C13H14N4O2. The van der Waals surface area contributed by atoms with Gasteiger partial charge in [-0.1, -0.05) is 11.3 Å². The van der Waals surface area contributed by atoms with E-state index in [4.69, 9.17) is 0 Å². The Morgan fingerprint density at radius 1 is 1.37 bits per heavy atom. The predicted molar refractivity (Wildman–Crippen MR) is 67.2 cm³/mol. The Labute approximate surface area is 110 Å². The van der Waals surface area contributed by atoms with E-state index in [1.54, 1.807) is 29.4 Å². The monoisotopic (exact) mass is 258 g/mol. The fourth-order valence-corrected chi connectivity index (χ4v) is 2.31. The van der Waals surface area contributed by atoms with Gasteiger partial charge in [-0.2, -0.15) is 0 Å². The highest BCUT2D eigenvalue weighted by molar-refractivity contribution is 5.76. The lowest BCUT2D eigenvalue weighted by Gasteiger charge is -2.28. The van der Waals surface area contributed by atoms with Gasteiger partial charge in [0.1, 0.15) is 12.3 Å². The summed E-state index contributed by atoms with van der Waals surface area (Å²) >= 11 is 0. The summed E-state index contributed by atoms with van der Waals surface area (Å²) in [6, 6.07) is 5.33. The number of nitrogens with zero attached hydrogens (tertiary/aromatic N) is 4. The molecule has 0 unspecified atom stereocenters. The molecule has 6 nitrogen and oxygen atoms in total. The van der Waals surface area contributed by atoms with Crippen LogP contribution in [0, 0.1) is 0 Å². The van der Waals surface area contributed by atoms with Gasteiger partial charge in [-0.3, -0.25) is 4.79 Å². The van der Waals surface area contributed by atoms with Crippen LogP contribution in [0.25, 0.3) is 0 Å². The minimum atomic E-state index is 0.0134. The second kappa shape index (κ2) is 4.72. The van der Waals surface area contributed by atoms with Crippen molar-refractivity contribution >= 4 is 5.91 Å². The number of hydrogen-bond donors (Lipinski definition) is 1. The van der Waals surface area contributed by atoms with E-state index in [-0.39, 0.29) is 18.2 Å².